The van der Waals surface area contributed by atoms with E-state index >= 15 is 0 Å². The molecule has 8 heteroatoms. The largest absolute Gasteiger partial charge is 0.497 e. The highest BCUT2D eigenvalue weighted by Crippen LogP contribution is 2.26. The molecule has 0 saturated carbocycles. The lowest BCUT2D eigenvalue weighted by Gasteiger charge is -2.40. The number of amides is 3. The van der Waals surface area contributed by atoms with Crippen LogP contribution < -0.4 is 20.1 Å². The summed E-state index contributed by atoms with van der Waals surface area (Å²) in [5, 5.41) is 5.82. The number of anilines is 2. The number of nitrogens with one attached hydrogen (secondary N) is 2. The average Bonchev–Trinajstić information content (AvgIpc) is 2.80. The molecule has 1 saturated heterocycles. The van der Waals surface area contributed by atoms with Gasteiger partial charge in [0.2, 0.25) is 5.91 Å². The van der Waals surface area contributed by atoms with Crippen molar-refractivity contribution >= 4 is 23.3 Å². The molecule has 3 amide bonds. The van der Waals surface area contributed by atoms with Gasteiger partial charge in [-0.05, 0) is 24.3 Å². The third-order valence-corrected chi connectivity index (χ3v) is 5.15. The molecule has 152 valence electrons. The Bertz CT molecular complexity index is 904. The summed E-state index contributed by atoms with van der Waals surface area (Å²) in [6.45, 7) is 2.28. The van der Waals surface area contributed by atoms with E-state index in [2.05, 4.69) is 15.5 Å². The highest BCUT2D eigenvalue weighted by atomic mass is 16.5. The van der Waals surface area contributed by atoms with Gasteiger partial charge in [0.25, 0.3) is 0 Å². The summed E-state index contributed by atoms with van der Waals surface area (Å²) in [6, 6.07) is 14.4. The van der Waals surface area contributed by atoms with Crippen LogP contribution in [0.3, 0.4) is 0 Å². The molecule has 1 atom stereocenters. The Morgan fingerprint density at radius 1 is 1.21 bits per heavy atom. The number of hydrogen-bond acceptors (Lipinski definition) is 5. The second-order valence-corrected chi connectivity index (χ2v) is 7.09. The van der Waals surface area contributed by atoms with Gasteiger partial charge in [-0.1, -0.05) is 18.2 Å². The first-order valence-electron chi connectivity index (χ1n) is 9.58. The minimum absolute atomic E-state index is 0.0725. The van der Waals surface area contributed by atoms with Gasteiger partial charge in [0.05, 0.1) is 25.4 Å². The van der Waals surface area contributed by atoms with E-state index in [0.29, 0.717) is 49.1 Å². The molecule has 29 heavy (non-hydrogen) atoms. The van der Waals surface area contributed by atoms with Crippen LogP contribution in [0, 0.1) is 0 Å². The fourth-order valence-corrected chi connectivity index (χ4v) is 3.60. The van der Waals surface area contributed by atoms with Crippen molar-refractivity contribution in [2.75, 3.05) is 50.5 Å². The zero-order chi connectivity index (χ0) is 20.2. The summed E-state index contributed by atoms with van der Waals surface area (Å²) < 4.78 is 11.2. The number of piperazine rings is 1. The van der Waals surface area contributed by atoms with E-state index in [0.717, 1.165) is 0 Å². The minimum atomic E-state index is -0.178. The van der Waals surface area contributed by atoms with Crippen LogP contribution in [0.25, 0.3) is 0 Å². The van der Waals surface area contributed by atoms with Gasteiger partial charge >= 0.3 is 6.03 Å². The van der Waals surface area contributed by atoms with Gasteiger partial charge in [-0.3, -0.25) is 9.69 Å². The number of fused-ring (bicyclic) bond motifs is 2. The van der Waals surface area contributed by atoms with E-state index in [1.807, 2.05) is 42.5 Å². The first-order chi connectivity index (χ1) is 14.1. The molecule has 8 nitrogen and oxygen atoms in total. The summed E-state index contributed by atoms with van der Waals surface area (Å²) in [5.74, 6) is 1.24. The van der Waals surface area contributed by atoms with Gasteiger partial charge in [0, 0.05) is 31.4 Å². The van der Waals surface area contributed by atoms with E-state index in [-0.39, 0.29) is 24.5 Å². The van der Waals surface area contributed by atoms with Crippen LogP contribution in [-0.2, 0) is 4.79 Å². The molecule has 4 rings (SSSR count). The molecular weight excluding hydrogens is 372 g/mol. The zero-order valence-electron chi connectivity index (χ0n) is 16.3. The fourth-order valence-electron chi connectivity index (χ4n) is 3.60. The monoisotopic (exact) mass is 396 g/mol. The standard InChI is InChI=1S/C21H24N4O4/c1-28-17-6-4-5-15(11-17)22-21(27)25-10-9-24-13-20(26)23-18-7-2-3-8-19(18)29-14-16(24)12-25/h2-8,11,16H,9-10,12-14H2,1H3,(H,22,27)(H,23,26)/t16-/m1/s1. The number of rotatable bonds is 2. The lowest BCUT2D eigenvalue weighted by molar-refractivity contribution is -0.118. The van der Waals surface area contributed by atoms with Crippen LogP contribution in [0.4, 0.5) is 16.2 Å². The molecule has 0 radical (unpaired) electrons. The first-order valence-corrected chi connectivity index (χ1v) is 9.58. The number of urea groups is 1. The van der Waals surface area contributed by atoms with Gasteiger partial charge in [-0.25, -0.2) is 4.79 Å². The third-order valence-electron chi connectivity index (χ3n) is 5.15. The number of carbonyl (C=O) groups excluding carboxylic acids is 2. The normalized spacial score (nSPS) is 19.4. The Balaban J connectivity index is 1.44. The van der Waals surface area contributed by atoms with Gasteiger partial charge in [-0.15, -0.1) is 0 Å². The Kier molecular flexibility index (Phi) is 5.53. The molecule has 2 aliphatic heterocycles. The number of ether oxygens (including phenoxy) is 2. The maximum absolute atomic E-state index is 12.8. The molecule has 2 aromatic rings. The lowest BCUT2D eigenvalue weighted by Crippen LogP contribution is -2.58. The molecule has 2 aliphatic rings. The van der Waals surface area contributed by atoms with Crippen molar-refractivity contribution < 1.29 is 19.1 Å². The Labute approximate surface area is 169 Å². The molecule has 0 bridgehead atoms. The van der Waals surface area contributed by atoms with Crippen LogP contribution in [0.2, 0.25) is 0 Å². The molecular formula is C21H24N4O4. The highest BCUT2D eigenvalue weighted by Gasteiger charge is 2.32. The Morgan fingerprint density at radius 2 is 2.07 bits per heavy atom. The van der Waals surface area contributed by atoms with Crippen molar-refractivity contribution in [1.29, 1.82) is 0 Å². The maximum Gasteiger partial charge on any atom is 0.321 e. The summed E-state index contributed by atoms with van der Waals surface area (Å²) in [7, 11) is 1.59. The Hall–Kier alpha value is -3.26. The molecule has 0 aromatic heterocycles. The average molecular weight is 396 g/mol. The van der Waals surface area contributed by atoms with Crippen molar-refractivity contribution in [1.82, 2.24) is 9.80 Å². The SMILES string of the molecule is COc1cccc(NC(=O)N2CCN3CC(=O)Nc4ccccc4OC[C@H]3C2)c1. The van der Waals surface area contributed by atoms with Crippen molar-refractivity contribution in [2.24, 2.45) is 0 Å². The lowest BCUT2D eigenvalue weighted by atomic mass is 10.1. The summed E-state index contributed by atoms with van der Waals surface area (Å²) in [6.07, 6.45) is 0. The van der Waals surface area contributed by atoms with Gasteiger partial charge < -0.3 is 25.0 Å². The van der Waals surface area contributed by atoms with Crippen molar-refractivity contribution in [3.63, 3.8) is 0 Å². The molecule has 2 aromatic carbocycles. The molecule has 0 spiro atoms. The van der Waals surface area contributed by atoms with E-state index in [1.165, 1.54) is 0 Å². The predicted molar refractivity (Wildman–Crippen MR) is 110 cm³/mol. The third kappa shape index (κ3) is 4.43. The molecule has 1 fully saturated rings. The van der Waals surface area contributed by atoms with Crippen LogP contribution in [0.15, 0.2) is 48.5 Å². The first kappa shape index (κ1) is 19.1. The topological polar surface area (TPSA) is 83.1 Å². The van der Waals surface area contributed by atoms with Crippen LogP contribution >= 0.6 is 0 Å². The molecule has 2 N–H and O–H groups in total. The van der Waals surface area contributed by atoms with Crippen LogP contribution in [0.5, 0.6) is 11.5 Å². The summed E-state index contributed by atoms with van der Waals surface area (Å²) in [5.41, 5.74) is 1.35. The number of benzene rings is 2. The molecule has 2 heterocycles. The minimum Gasteiger partial charge on any atom is -0.497 e. The second kappa shape index (κ2) is 8.40. The fraction of sp³-hybridized carbons (Fsp3) is 0.333. The van der Waals surface area contributed by atoms with Gasteiger partial charge in [-0.2, -0.15) is 0 Å². The number of hydrogen-bond donors (Lipinski definition) is 2. The van der Waals surface area contributed by atoms with Crippen molar-refractivity contribution in [3.8, 4) is 11.5 Å². The summed E-state index contributed by atoms with van der Waals surface area (Å²) >= 11 is 0. The quantitative estimate of drug-likeness (QED) is 0.814. The zero-order valence-corrected chi connectivity index (χ0v) is 16.3. The molecule has 0 unspecified atom stereocenters. The predicted octanol–water partition coefficient (Wildman–Crippen LogP) is 2.24. The number of para-hydroxylation sites is 2. The highest BCUT2D eigenvalue weighted by molar-refractivity contribution is 5.94. The number of methoxy groups -OCH3 is 1. The van der Waals surface area contributed by atoms with E-state index in [9.17, 15) is 9.59 Å². The van der Waals surface area contributed by atoms with E-state index in [1.54, 1.807) is 18.1 Å². The van der Waals surface area contributed by atoms with Crippen LogP contribution in [0.1, 0.15) is 0 Å². The van der Waals surface area contributed by atoms with Crippen LogP contribution in [-0.4, -0.2) is 67.7 Å². The number of carbonyl (C=O) groups is 2. The Morgan fingerprint density at radius 3 is 2.93 bits per heavy atom. The van der Waals surface area contributed by atoms with E-state index < -0.39 is 0 Å². The van der Waals surface area contributed by atoms with Gasteiger partial charge in [0.15, 0.2) is 0 Å². The van der Waals surface area contributed by atoms with E-state index in [4.69, 9.17) is 9.47 Å². The second-order valence-electron chi connectivity index (χ2n) is 7.09. The molecule has 0 aliphatic carbocycles. The number of nitrogens with zero attached hydrogens (tertiary/aromatic N) is 2. The smallest absolute Gasteiger partial charge is 0.321 e. The maximum atomic E-state index is 12.8. The van der Waals surface area contributed by atoms with Crippen molar-refractivity contribution in [2.45, 2.75) is 6.04 Å². The summed E-state index contributed by atoms with van der Waals surface area (Å²) in [4.78, 5) is 29.0. The van der Waals surface area contributed by atoms with Crippen molar-refractivity contribution in [3.05, 3.63) is 48.5 Å². The van der Waals surface area contributed by atoms with Gasteiger partial charge in [0.1, 0.15) is 18.1 Å².